The molecule has 1 aromatic carbocycles. The quantitative estimate of drug-likeness (QED) is 0.791. The molecule has 0 bridgehead atoms. The minimum atomic E-state index is -0.168. The first-order chi connectivity index (χ1) is 10.3. The highest BCUT2D eigenvalue weighted by atomic mass is 32.1. The van der Waals surface area contributed by atoms with Crippen LogP contribution in [0.25, 0.3) is 0 Å². The zero-order valence-electron chi connectivity index (χ0n) is 11.3. The molecule has 104 valence electrons. The highest BCUT2D eigenvalue weighted by molar-refractivity contribution is 7.13. The van der Waals surface area contributed by atoms with Gasteiger partial charge >= 0.3 is 0 Å². The van der Waals surface area contributed by atoms with Crippen LogP contribution in [-0.4, -0.2) is 21.1 Å². The number of aromatic nitrogens is 3. The number of hydrogen-bond donors (Lipinski definition) is 1. The molecule has 1 unspecified atom stereocenters. The number of nitrogens with zero attached hydrogens (tertiary/aromatic N) is 3. The Balaban J connectivity index is 1.94. The molecule has 5 nitrogen and oxygen atoms in total. The van der Waals surface area contributed by atoms with Gasteiger partial charge in [0.2, 0.25) is 0 Å². The largest absolute Gasteiger partial charge is 0.282 e. The lowest BCUT2D eigenvalue weighted by molar-refractivity contribution is 0.0988. The van der Waals surface area contributed by atoms with Crippen LogP contribution in [0.4, 0.5) is 5.13 Å². The number of aryl methyl sites for hydroxylation is 1. The standard InChI is InChI=1S/C15H12N4OS/c1-9-11-12(18-17-9)14(20)19(15-16-7-8-21-15)13(11)10-5-3-2-4-6-10/h2-8,13H,1H3,(H,17,18). The van der Waals surface area contributed by atoms with E-state index in [1.807, 2.05) is 42.6 Å². The fourth-order valence-electron chi connectivity index (χ4n) is 2.78. The van der Waals surface area contributed by atoms with E-state index in [2.05, 4.69) is 15.2 Å². The summed E-state index contributed by atoms with van der Waals surface area (Å²) in [6, 6.07) is 9.82. The van der Waals surface area contributed by atoms with E-state index in [1.165, 1.54) is 11.3 Å². The lowest BCUT2D eigenvalue weighted by Crippen LogP contribution is -2.29. The Morgan fingerprint density at radius 3 is 2.81 bits per heavy atom. The van der Waals surface area contributed by atoms with E-state index < -0.39 is 0 Å². The number of anilines is 1. The number of thiazole rings is 1. The summed E-state index contributed by atoms with van der Waals surface area (Å²) in [4.78, 5) is 18.7. The van der Waals surface area contributed by atoms with Gasteiger partial charge in [-0.05, 0) is 12.5 Å². The monoisotopic (exact) mass is 296 g/mol. The number of fused-ring (bicyclic) bond motifs is 1. The number of nitrogens with one attached hydrogen (secondary N) is 1. The van der Waals surface area contributed by atoms with Crippen LogP contribution >= 0.6 is 11.3 Å². The summed E-state index contributed by atoms with van der Waals surface area (Å²) in [5, 5.41) is 9.67. The van der Waals surface area contributed by atoms with Crippen LogP contribution in [0.1, 0.15) is 33.4 Å². The fraction of sp³-hybridized carbons (Fsp3) is 0.133. The highest BCUT2D eigenvalue weighted by Gasteiger charge is 2.43. The number of carbonyl (C=O) groups excluding carboxylic acids is 1. The third kappa shape index (κ3) is 1.72. The van der Waals surface area contributed by atoms with Crippen molar-refractivity contribution in [2.45, 2.75) is 13.0 Å². The van der Waals surface area contributed by atoms with Crippen molar-refractivity contribution in [1.29, 1.82) is 0 Å². The Morgan fingerprint density at radius 2 is 2.10 bits per heavy atom. The molecule has 1 N–H and O–H groups in total. The molecular formula is C15H12N4OS. The topological polar surface area (TPSA) is 61.9 Å². The average molecular weight is 296 g/mol. The second-order valence-electron chi connectivity index (χ2n) is 4.91. The zero-order chi connectivity index (χ0) is 14.4. The van der Waals surface area contributed by atoms with Crippen molar-refractivity contribution in [2.24, 2.45) is 0 Å². The van der Waals surface area contributed by atoms with Gasteiger partial charge in [0.25, 0.3) is 5.91 Å². The van der Waals surface area contributed by atoms with Gasteiger partial charge in [-0.25, -0.2) is 4.98 Å². The maximum Gasteiger partial charge on any atom is 0.281 e. The Labute approximate surface area is 125 Å². The first-order valence-corrected chi connectivity index (χ1v) is 7.48. The minimum Gasteiger partial charge on any atom is -0.282 e. The second kappa shape index (κ2) is 4.53. The van der Waals surface area contributed by atoms with Gasteiger partial charge in [0.05, 0.1) is 6.04 Å². The zero-order valence-corrected chi connectivity index (χ0v) is 12.1. The van der Waals surface area contributed by atoms with E-state index in [-0.39, 0.29) is 11.9 Å². The van der Waals surface area contributed by atoms with Gasteiger partial charge < -0.3 is 0 Å². The lowest BCUT2D eigenvalue weighted by atomic mass is 9.99. The van der Waals surface area contributed by atoms with Crippen molar-refractivity contribution < 1.29 is 4.79 Å². The van der Waals surface area contributed by atoms with Crippen molar-refractivity contribution in [3.8, 4) is 0 Å². The van der Waals surface area contributed by atoms with Crippen LogP contribution in [0, 0.1) is 6.92 Å². The molecule has 4 rings (SSSR count). The number of H-pyrrole nitrogens is 1. The fourth-order valence-corrected chi connectivity index (χ4v) is 3.45. The lowest BCUT2D eigenvalue weighted by Gasteiger charge is -2.23. The van der Waals surface area contributed by atoms with E-state index in [1.54, 1.807) is 11.1 Å². The summed E-state index contributed by atoms with van der Waals surface area (Å²) in [5.74, 6) is -0.0989. The Bertz CT molecular complexity index is 794. The maximum absolute atomic E-state index is 12.7. The Kier molecular flexibility index (Phi) is 2.65. The third-order valence-electron chi connectivity index (χ3n) is 3.69. The van der Waals surface area contributed by atoms with Crippen LogP contribution in [0.2, 0.25) is 0 Å². The molecule has 0 saturated heterocycles. The number of aromatic amines is 1. The first kappa shape index (κ1) is 12.3. The normalized spacial score (nSPS) is 17.3. The molecule has 2 aromatic heterocycles. The predicted molar refractivity (Wildman–Crippen MR) is 80.5 cm³/mol. The molecular weight excluding hydrogens is 284 g/mol. The molecule has 0 aliphatic carbocycles. The summed E-state index contributed by atoms with van der Waals surface area (Å²) >= 11 is 1.46. The molecule has 1 aliphatic heterocycles. The smallest absolute Gasteiger partial charge is 0.281 e. The molecule has 0 fully saturated rings. The van der Waals surface area contributed by atoms with Gasteiger partial charge in [-0.2, -0.15) is 5.10 Å². The van der Waals surface area contributed by atoms with Gasteiger partial charge in [-0.3, -0.25) is 14.8 Å². The summed E-state index contributed by atoms with van der Waals surface area (Å²) in [5.41, 5.74) is 3.42. The van der Waals surface area contributed by atoms with Crippen LogP contribution < -0.4 is 4.90 Å². The molecule has 0 radical (unpaired) electrons. The molecule has 1 amide bonds. The number of benzene rings is 1. The molecule has 0 spiro atoms. The minimum absolute atomic E-state index is 0.0989. The highest BCUT2D eigenvalue weighted by Crippen LogP contribution is 2.42. The van der Waals surface area contributed by atoms with Crippen LogP contribution in [0.5, 0.6) is 0 Å². The molecule has 21 heavy (non-hydrogen) atoms. The molecule has 3 aromatic rings. The SMILES string of the molecule is Cc1[nH]nc2c1C(c1ccccc1)N(c1nccs1)C2=O. The summed E-state index contributed by atoms with van der Waals surface area (Å²) in [6.07, 6.45) is 1.71. The third-order valence-corrected chi connectivity index (χ3v) is 4.46. The maximum atomic E-state index is 12.7. The summed E-state index contributed by atoms with van der Waals surface area (Å²) in [6.45, 7) is 1.94. The average Bonchev–Trinajstić information content (AvgIpc) is 3.19. The second-order valence-corrected chi connectivity index (χ2v) is 5.79. The molecule has 1 atom stereocenters. The van der Waals surface area contributed by atoms with Gasteiger partial charge in [-0.1, -0.05) is 30.3 Å². The van der Waals surface area contributed by atoms with Gasteiger partial charge in [0.15, 0.2) is 10.8 Å². The van der Waals surface area contributed by atoms with Crippen LogP contribution in [-0.2, 0) is 0 Å². The van der Waals surface area contributed by atoms with Crippen molar-refractivity contribution in [1.82, 2.24) is 15.2 Å². The number of carbonyl (C=O) groups is 1. The predicted octanol–water partition coefficient (Wildman–Crippen LogP) is 2.92. The van der Waals surface area contributed by atoms with Crippen molar-refractivity contribution in [3.05, 3.63) is 64.4 Å². The summed E-state index contributed by atoms with van der Waals surface area (Å²) in [7, 11) is 0. The van der Waals surface area contributed by atoms with Crippen molar-refractivity contribution >= 4 is 22.4 Å². The van der Waals surface area contributed by atoms with Crippen LogP contribution in [0.15, 0.2) is 41.9 Å². The molecule has 6 heteroatoms. The van der Waals surface area contributed by atoms with Crippen molar-refractivity contribution in [3.63, 3.8) is 0 Å². The van der Waals surface area contributed by atoms with Gasteiger partial charge in [0, 0.05) is 22.8 Å². The van der Waals surface area contributed by atoms with E-state index >= 15 is 0 Å². The molecule has 1 aliphatic rings. The first-order valence-electron chi connectivity index (χ1n) is 6.60. The molecule has 3 heterocycles. The number of amides is 1. The number of rotatable bonds is 2. The Hall–Kier alpha value is -2.47. The van der Waals surface area contributed by atoms with Gasteiger partial charge in [0.1, 0.15) is 0 Å². The van der Waals surface area contributed by atoms with Crippen molar-refractivity contribution in [2.75, 3.05) is 4.90 Å². The van der Waals surface area contributed by atoms with Crippen LogP contribution in [0.3, 0.4) is 0 Å². The molecule has 0 saturated carbocycles. The van der Waals surface area contributed by atoms with E-state index in [9.17, 15) is 4.79 Å². The number of hydrogen-bond acceptors (Lipinski definition) is 4. The van der Waals surface area contributed by atoms with Gasteiger partial charge in [-0.15, -0.1) is 11.3 Å². The van der Waals surface area contributed by atoms with E-state index in [0.29, 0.717) is 10.8 Å². The van der Waals surface area contributed by atoms with E-state index in [0.717, 1.165) is 16.8 Å². The summed E-state index contributed by atoms with van der Waals surface area (Å²) < 4.78 is 0. The Morgan fingerprint density at radius 1 is 1.29 bits per heavy atom. The van der Waals surface area contributed by atoms with E-state index in [4.69, 9.17) is 0 Å².